The van der Waals surface area contributed by atoms with Crippen LogP contribution in [0.4, 0.5) is 0 Å². The summed E-state index contributed by atoms with van der Waals surface area (Å²) in [7, 11) is 0. The second kappa shape index (κ2) is 7.02. The molecule has 1 amide bonds. The lowest BCUT2D eigenvalue weighted by molar-refractivity contribution is -0.133. The van der Waals surface area contributed by atoms with E-state index in [1.165, 1.54) is 12.0 Å². The third-order valence-electron chi connectivity index (χ3n) is 6.58. The zero-order valence-corrected chi connectivity index (χ0v) is 17.4. The molecule has 4 heterocycles. The molecule has 27 heavy (non-hydrogen) atoms. The van der Waals surface area contributed by atoms with E-state index < -0.39 is 0 Å². The van der Waals surface area contributed by atoms with Crippen LogP contribution in [0.5, 0.6) is 0 Å². The smallest absolute Gasteiger partial charge is 0.228 e. The van der Waals surface area contributed by atoms with E-state index >= 15 is 0 Å². The van der Waals surface area contributed by atoms with Crippen LogP contribution < -0.4 is 5.32 Å². The molecule has 0 unspecified atom stereocenters. The number of amides is 1. The van der Waals surface area contributed by atoms with E-state index in [1.807, 2.05) is 26.2 Å². The Balaban J connectivity index is 1.50. The number of aryl methyl sites for hydroxylation is 3. The number of carbonyl (C=O) groups is 1. The number of aromatic nitrogens is 2. The highest BCUT2D eigenvalue weighted by atomic mass is 32.1. The van der Waals surface area contributed by atoms with Crippen LogP contribution in [0.25, 0.3) is 0 Å². The van der Waals surface area contributed by atoms with Crippen molar-refractivity contribution in [2.45, 2.75) is 78.6 Å². The largest absolute Gasteiger partial charge is 0.361 e. The van der Waals surface area contributed by atoms with Crippen LogP contribution in [-0.2, 0) is 17.9 Å². The first-order valence-electron chi connectivity index (χ1n) is 9.81. The lowest BCUT2D eigenvalue weighted by atomic mass is 9.71. The SMILES string of the molecule is CC[C@@]1(C(=O)NCc2csc(C)n2)C[C@@H]2CC[C@H]1N2Cc1c(C)noc1C. The first kappa shape index (κ1) is 18.6. The summed E-state index contributed by atoms with van der Waals surface area (Å²) in [6.07, 6.45) is 4.08. The number of nitrogens with one attached hydrogen (secondary N) is 1. The normalized spacial score (nSPS) is 27.4. The standard InChI is InChI=1S/C20H28N4O2S/c1-5-20(19(25)21-9-15-11-27-14(4)22-15)8-16-6-7-18(20)24(16)10-17-12(2)23-26-13(17)3/h11,16,18H,5-10H2,1-4H3,(H,21,25)/t16-,18+,20+/m0/s1. The molecule has 2 saturated heterocycles. The van der Waals surface area contributed by atoms with Crippen molar-refractivity contribution in [2.24, 2.45) is 5.41 Å². The second-order valence-electron chi connectivity index (χ2n) is 7.98. The average molecular weight is 389 g/mol. The van der Waals surface area contributed by atoms with Crippen LogP contribution in [-0.4, -0.2) is 33.0 Å². The fourth-order valence-corrected chi connectivity index (χ4v) is 5.69. The molecule has 2 bridgehead atoms. The lowest BCUT2D eigenvalue weighted by Gasteiger charge is -2.35. The molecule has 7 heteroatoms. The highest BCUT2D eigenvalue weighted by molar-refractivity contribution is 7.09. The van der Waals surface area contributed by atoms with Gasteiger partial charge in [0.05, 0.1) is 28.4 Å². The zero-order chi connectivity index (χ0) is 19.2. The lowest BCUT2D eigenvalue weighted by Crippen LogP contribution is -2.48. The zero-order valence-electron chi connectivity index (χ0n) is 16.5. The van der Waals surface area contributed by atoms with Gasteiger partial charge < -0.3 is 9.84 Å². The minimum Gasteiger partial charge on any atom is -0.361 e. The third-order valence-corrected chi connectivity index (χ3v) is 7.40. The Morgan fingerprint density at radius 1 is 1.41 bits per heavy atom. The summed E-state index contributed by atoms with van der Waals surface area (Å²) in [4.78, 5) is 20.3. The van der Waals surface area contributed by atoms with Crippen molar-refractivity contribution in [2.75, 3.05) is 0 Å². The third kappa shape index (κ3) is 3.10. The van der Waals surface area contributed by atoms with Gasteiger partial charge in [-0.3, -0.25) is 9.69 Å². The Hall–Kier alpha value is -1.73. The van der Waals surface area contributed by atoms with Crippen molar-refractivity contribution in [3.63, 3.8) is 0 Å². The molecule has 2 aromatic rings. The van der Waals surface area contributed by atoms with Crippen molar-refractivity contribution in [1.82, 2.24) is 20.4 Å². The van der Waals surface area contributed by atoms with E-state index in [9.17, 15) is 4.79 Å². The molecule has 0 aliphatic carbocycles. The Bertz CT molecular complexity index is 825. The van der Waals surface area contributed by atoms with Crippen LogP contribution in [0.3, 0.4) is 0 Å². The highest BCUT2D eigenvalue weighted by Gasteiger charge is 2.58. The van der Waals surface area contributed by atoms with Crippen LogP contribution >= 0.6 is 11.3 Å². The van der Waals surface area contributed by atoms with E-state index in [1.54, 1.807) is 11.3 Å². The summed E-state index contributed by atoms with van der Waals surface area (Å²) in [6, 6.07) is 0.759. The maximum Gasteiger partial charge on any atom is 0.228 e. The van der Waals surface area contributed by atoms with Crippen molar-refractivity contribution < 1.29 is 9.32 Å². The highest BCUT2D eigenvalue weighted by Crippen LogP contribution is 2.52. The van der Waals surface area contributed by atoms with E-state index in [0.717, 1.165) is 48.0 Å². The molecule has 2 aliphatic heterocycles. The van der Waals surface area contributed by atoms with Crippen LogP contribution in [0.2, 0.25) is 0 Å². The monoisotopic (exact) mass is 388 g/mol. The van der Waals surface area contributed by atoms with Gasteiger partial charge in [-0.15, -0.1) is 11.3 Å². The van der Waals surface area contributed by atoms with Gasteiger partial charge in [0.25, 0.3) is 0 Å². The molecule has 2 fully saturated rings. The van der Waals surface area contributed by atoms with Gasteiger partial charge in [-0.05, 0) is 46.5 Å². The average Bonchev–Trinajstić information content (AvgIpc) is 3.40. The summed E-state index contributed by atoms with van der Waals surface area (Å²) in [5.41, 5.74) is 2.79. The number of hydrogen-bond donors (Lipinski definition) is 1. The van der Waals surface area contributed by atoms with E-state index in [0.29, 0.717) is 18.6 Å². The number of hydrogen-bond acceptors (Lipinski definition) is 6. The van der Waals surface area contributed by atoms with Gasteiger partial charge in [-0.1, -0.05) is 12.1 Å². The minimum absolute atomic E-state index is 0.187. The maximum atomic E-state index is 13.3. The second-order valence-corrected chi connectivity index (χ2v) is 9.04. The van der Waals surface area contributed by atoms with E-state index in [4.69, 9.17) is 4.52 Å². The van der Waals surface area contributed by atoms with E-state index in [-0.39, 0.29) is 11.3 Å². The minimum atomic E-state index is -0.299. The predicted octanol–water partition coefficient (Wildman–Crippen LogP) is 3.51. The fraction of sp³-hybridized carbons (Fsp3) is 0.650. The maximum absolute atomic E-state index is 13.3. The van der Waals surface area contributed by atoms with Crippen LogP contribution in [0.1, 0.15) is 60.3 Å². The van der Waals surface area contributed by atoms with Gasteiger partial charge in [0.15, 0.2) is 0 Å². The molecule has 0 aromatic carbocycles. The van der Waals surface area contributed by atoms with Crippen LogP contribution in [0.15, 0.2) is 9.90 Å². The van der Waals surface area contributed by atoms with E-state index in [2.05, 4.69) is 27.3 Å². The molecule has 4 rings (SSSR count). The molecule has 2 aliphatic rings. The first-order chi connectivity index (χ1) is 12.9. The first-order valence-corrected chi connectivity index (χ1v) is 10.7. The number of carbonyl (C=O) groups excluding carboxylic acids is 1. The number of thiazole rings is 1. The molecule has 0 saturated carbocycles. The Morgan fingerprint density at radius 2 is 2.22 bits per heavy atom. The molecule has 146 valence electrons. The Morgan fingerprint density at radius 3 is 2.85 bits per heavy atom. The fourth-order valence-electron chi connectivity index (χ4n) is 5.08. The molecule has 0 radical (unpaired) electrons. The molecular weight excluding hydrogens is 360 g/mol. The molecule has 2 aromatic heterocycles. The predicted molar refractivity (Wildman–Crippen MR) is 104 cm³/mol. The van der Waals surface area contributed by atoms with Crippen molar-refractivity contribution in [3.8, 4) is 0 Å². The number of fused-ring (bicyclic) bond motifs is 2. The Kier molecular flexibility index (Phi) is 4.84. The number of rotatable bonds is 6. The van der Waals surface area contributed by atoms with Crippen molar-refractivity contribution >= 4 is 17.2 Å². The van der Waals surface area contributed by atoms with Gasteiger partial charge in [-0.25, -0.2) is 4.98 Å². The quantitative estimate of drug-likeness (QED) is 0.820. The Labute approximate surface area is 164 Å². The molecule has 0 spiro atoms. The van der Waals surface area contributed by atoms with Gasteiger partial charge >= 0.3 is 0 Å². The van der Waals surface area contributed by atoms with Gasteiger partial charge in [0.1, 0.15) is 5.76 Å². The summed E-state index contributed by atoms with van der Waals surface area (Å²) < 4.78 is 5.35. The molecule has 1 N–H and O–H groups in total. The molecular formula is C20H28N4O2S. The molecule has 3 atom stereocenters. The number of nitrogens with zero attached hydrogens (tertiary/aromatic N) is 3. The molecule has 6 nitrogen and oxygen atoms in total. The summed E-state index contributed by atoms with van der Waals surface area (Å²) in [5, 5.41) is 10.3. The van der Waals surface area contributed by atoms with Gasteiger partial charge in [0, 0.05) is 29.6 Å². The van der Waals surface area contributed by atoms with Crippen molar-refractivity contribution in [3.05, 3.63) is 33.1 Å². The van der Waals surface area contributed by atoms with Crippen LogP contribution in [0, 0.1) is 26.2 Å². The van der Waals surface area contributed by atoms with Gasteiger partial charge in [-0.2, -0.15) is 0 Å². The topological polar surface area (TPSA) is 71.3 Å². The summed E-state index contributed by atoms with van der Waals surface area (Å²) >= 11 is 1.62. The van der Waals surface area contributed by atoms with Gasteiger partial charge in [0.2, 0.25) is 5.91 Å². The summed E-state index contributed by atoms with van der Waals surface area (Å²) in [6.45, 7) is 9.47. The summed E-state index contributed by atoms with van der Waals surface area (Å²) in [5.74, 6) is 1.08. The van der Waals surface area contributed by atoms with Crippen molar-refractivity contribution in [1.29, 1.82) is 0 Å².